The molecule has 8 heteroatoms. The number of benzene rings is 2. The van der Waals surface area contributed by atoms with Gasteiger partial charge in [0.15, 0.2) is 5.65 Å². The highest BCUT2D eigenvalue weighted by molar-refractivity contribution is 6.22. The fourth-order valence-electron chi connectivity index (χ4n) is 5.52. The van der Waals surface area contributed by atoms with Crippen molar-refractivity contribution in [1.82, 2.24) is 19.7 Å². The molecular weight excluding hydrogens is 478 g/mol. The van der Waals surface area contributed by atoms with E-state index in [2.05, 4.69) is 34.7 Å². The van der Waals surface area contributed by atoms with E-state index < -0.39 is 5.97 Å². The first-order valence-corrected chi connectivity index (χ1v) is 12.9. The van der Waals surface area contributed by atoms with Crippen LogP contribution in [0.4, 0.5) is 5.69 Å². The van der Waals surface area contributed by atoms with Gasteiger partial charge in [0.05, 0.1) is 27.7 Å². The highest BCUT2D eigenvalue weighted by Crippen LogP contribution is 2.37. The average Bonchev–Trinajstić information content (AvgIpc) is 3.25. The normalized spacial score (nSPS) is 13.9. The third-order valence-electron chi connectivity index (χ3n) is 7.21. The molecule has 0 amide bonds. The maximum atomic E-state index is 13.8. The zero-order chi connectivity index (χ0) is 26.6. The van der Waals surface area contributed by atoms with Gasteiger partial charge >= 0.3 is 5.97 Å². The molecule has 0 aliphatic carbocycles. The second-order valence-corrected chi connectivity index (χ2v) is 9.99. The molecule has 0 bridgehead atoms. The molecule has 1 aliphatic heterocycles. The molecule has 192 valence electrons. The Morgan fingerprint density at radius 1 is 1.00 bits per heavy atom. The molecule has 0 atom stereocenters. The molecule has 0 saturated carbocycles. The summed E-state index contributed by atoms with van der Waals surface area (Å²) in [7, 11) is 0. The summed E-state index contributed by atoms with van der Waals surface area (Å²) >= 11 is 0. The Labute approximate surface area is 219 Å². The number of piperidine rings is 1. The Bertz CT molecular complexity index is 1810. The van der Waals surface area contributed by atoms with E-state index in [9.17, 15) is 9.59 Å². The van der Waals surface area contributed by atoms with Crippen LogP contribution in [0.3, 0.4) is 0 Å². The van der Waals surface area contributed by atoms with E-state index in [1.807, 2.05) is 26.0 Å². The van der Waals surface area contributed by atoms with Crippen LogP contribution in [0.15, 0.2) is 53.8 Å². The fourth-order valence-corrected chi connectivity index (χ4v) is 5.52. The maximum absolute atomic E-state index is 13.8. The van der Waals surface area contributed by atoms with E-state index in [1.165, 1.54) is 26.2 Å². The minimum Gasteiger partial charge on any atom is -0.427 e. The molecule has 1 fully saturated rings. The van der Waals surface area contributed by atoms with Crippen molar-refractivity contribution >= 4 is 50.1 Å². The van der Waals surface area contributed by atoms with Crippen molar-refractivity contribution in [3.8, 4) is 17.0 Å². The van der Waals surface area contributed by atoms with Gasteiger partial charge in [0.2, 0.25) is 0 Å². The first-order valence-electron chi connectivity index (χ1n) is 12.9. The minimum absolute atomic E-state index is 0.209. The largest absolute Gasteiger partial charge is 0.427 e. The van der Waals surface area contributed by atoms with Crippen molar-refractivity contribution in [2.24, 2.45) is 0 Å². The number of ether oxygens (including phenoxy) is 1. The maximum Gasteiger partial charge on any atom is 0.308 e. The predicted octanol–water partition coefficient (Wildman–Crippen LogP) is 5.81. The zero-order valence-electron chi connectivity index (χ0n) is 21.8. The number of fused-ring (bicyclic) bond motifs is 5. The first-order chi connectivity index (χ1) is 18.3. The molecule has 5 aromatic rings. The molecule has 3 aromatic heterocycles. The van der Waals surface area contributed by atoms with Crippen LogP contribution in [0.1, 0.15) is 38.8 Å². The van der Waals surface area contributed by atoms with Gasteiger partial charge < -0.3 is 14.6 Å². The van der Waals surface area contributed by atoms with Crippen LogP contribution in [0.25, 0.3) is 49.7 Å². The lowest BCUT2D eigenvalue weighted by atomic mass is 9.98. The standard InChI is InChI=1S/C30H29N5O3/c1-17(2)35-29-25(18(3)33-35)26-23-13-10-21(34-14-6-5-7-15-34)16-24(23)31-30(37)27(26)28(32-29)20-8-11-22(12-9-20)38-19(4)36/h8-13,16H,1,5-7,14-15H2,2-4H3,(H,31,37). The lowest BCUT2D eigenvalue weighted by Gasteiger charge is -2.29. The van der Waals surface area contributed by atoms with E-state index in [4.69, 9.17) is 14.8 Å². The van der Waals surface area contributed by atoms with Gasteiger partial charge in [0.1, 0.15) is 5.75 Å². The van der Waals surface area contributed by atoms with Crippen molar-refractivity contribution < 1.29 is 9.53 Å². The third-order valence-corrected chi connectivity index (χ3v) is 7.21. The lowest BCUT2D eigenvalue weighted by molar-refractivity contribution is -0.131. The summed E-state index contributed by atoms with van der Waals surface area (Å²) in [6.45, 7) is 11.3. The number of aryl methyl sites for hydroxylation is 1. The smallest absolute Gasteiger partial charge is 0.308 e. The second kappa shape index (κ2) is 9.13. The number of hydrogen-bond donors (Lipinski definition) is 1. The van der Waals surface area contributed by atoms with Crippen LogP contribution in [-0.4, -0.2) is 38.8 Å². The summed E-state index contributed by atoms with van der Waals surface area (Å²) < 4.78 is 6.93. The van der Waals surface area contributed by atoms with Crippen LogP contribution in [0.2, 0.25) is 0 Å². The molecule has 38 heavy (non-hydrogen) atoms. The van der Waals surface area contributed by atoms with Crippen molar-refractivity contribution in [3.63, 3.8) is 0 Å². The van der Waals surface area contributed by atoms with Crippen LogP contribution < -0.4 is 15.2 Å². The van der Waals surface area contributed by atoms with Gasteiger partial charge in [-0.15, -0.1) is 0 Å². The summed E-state index contributed by atoms with van der Waals surface area (Å²) in [5.41, 5.74) is 5.12. The van der Waals surface area contributed by atoms with E-state index in [0.717, 1.165) is 57.4 Å². The lowest BCUT2D eigenvalue weighted by Crippen LogP contribution is -2.29. The summed E-state index contributed by atoms with van der Waals surface area (Å²) in [4.78, 5) is 35.6. The zero-order valence-corrected chi connectivity index (χ0v) is 21.8. The van der Waals surface area contributed by atoms with E-state index in [-0.39, 0.29) is 5.56 Å². The third kappa shape index (κ3) is 3.93. The highest BCUT2D eigenvalue weighted by atomic mass is 16.5. The number of H-pyrrole nitrogens is 1. The first kappa shape index (κ1) is 23.9. The Hall–Kier alpha value is -4.46. The predicted molar refractivity (Wildman–Crippen MR) is 152 cm³/mol. The monoisotopic (exact) mass is 507 g/mol. The molecule has 0 radical (unpaired) electrons. The van der Waals surface area contributed by atoms with Crippen LogP contribution in [0, 0.1) is 6.92 Å². The quantitative estimate of drug-likeness (QED) is 0.188. The van der Waals surface area contributed by atoms with Gasteiger partial charge in [0, 0.05) is 47.7 Å². The van der Waals surface area contributed by atoms with Gasteiger partial charge in [-0.1, -0.05) is 12.6 Å². The van der Waals surface area contributed by atoms with Gasteiger partial charge in [0.25, 0.3) is 5.56 Å². The van der Waals surface area contributed by atoms with Crippen molar-refractivity contribution in [1.29, 1.82) is 0 Å². The fraction of sp³-hybridized carbons (Fsp3) is 0.267. The van der Waals surface area contributed by atoms with E-state index in [1.54, 1.807) is 16.8 Å². The van der Waals surface area contributed by atoms with Crippen molar-refractivity contribution in [2.75, 3.05) is 18.0 Å². The minimum atomic E-state index is -0.393. The molecule has 6 rings (SSSR count). The number of anilines is 1. The van der Waals surface area contributed by atoms with Crippen LogP contribution in [0.5, 0.6) is 5.75 Å². The SMILES string of the molecule is C=C(C)n1nc(C)c2c3c(c(-c4ccc(OC(C)=O)cc4)nc21)c(=O)[nH]c1cc(N2CCCCC2)ccc13. The van der Waals surface area contributed by atoms with Gasteiger partial charge in [-0.3, -0.25) is 9.59 Å². The summed E-state index contributed by atoms with van der Waals surface area (Å²) in [5, 5.41) is 7.83. The van der Waals surface area contributed by atoms with Gasteiger partial charge in [-0.2, -0.15) is 5.10 Å². The van der Waals surface area contributed by atoms with E-state index >= 15 is 0 Å². The molecule has 4 heterocycles. The van der Waals surface area contributed by atoms with Gasteiger partial charge in [-0.25, -0.2) is 9.67 Å². The molecule has 2 aromatic carbocycles. The van der Waals surface area contributed by atoms with Crippen LogP contribution >= 0.6 is 0 Å². The number of pyridine rings is 2. The molecule has 1 N–H and O–H groups in total. The van der Waals surface area contributed by atoms with E-state index in [0.29, 0.717) is 22.5 Å². The summed E-state index contributed by atoms with van der Waals surface area (Å²) in [6.07, 6.45) is 3.61. The number of aromatic amines is 1. The molecule has 1 aliphatic rings. The summed E-state index contributed by atoms with van der Waals surface area (Å²) in [6, 6.07) is 13.4. The number of nitrogens with one attached hydrogen (secondary N) is 1. The number of carbonyl (C=O) groups is 1. The Morgan fingerprint density at radius 2 is 1.74 bits per heavy atom. The van der Waals surface area contributed by atoms with Crippen molar-refractivity contribution in [2.45, 2.75) is 40.0 Å². The Morgan fingerprint density at radius 3 is 2.42 bits per heavy atom. The molecule has 0 unspecified atom stereocenters. The Kier molecular flexibility index (Phi) is 5.75. The Balaban J connectivity index is 1.67. The van der Waals surface area contributed by atoms with Gasteiger partial charge in [-0.05, 0) is 69.5 Å². The second-order valence-electron chi connectivity index (χ2n) is 9.99. The van der Waals surface area contributed by atoms with Crippen LogP contribution in [-0.2, 0) is 4.79 Å². The number of esters is 1. The number of allylic oxidation sites excluding steroid dienone is 1. The number of carbonyl (C=O) groups excluding carboxylic acids is 1. The number of rotatable bonds is 4. The average molecular weight is 508 g/mol. The number of nitrogens with zero attached hydrogens (tertiary/aromatic N) is 4. The molecular formula is C30H29N5O3. The molecule has 8 nitrogen and oxygen atoms in total. The highest BCUT2D eigenvalue weighted by Gasteiger charge is 2.22. The molecule has 1 saturated heterocycles. The number of hydrogen-bond acceptors (Lipinski definition) is 6. The summed E-state index contributed by atoms with van der Waals surface area (Å²) in [5.74, 6) is 0.0365. The topological polar surface area (TPSA) is 93.1 Å². The van der Waals surface area contributed by atoms with Crippen molar-refractivity contribution in [3.05, 3.63) is 65.1 Å². The molecule has 0 spiro atoms. The number of aromatic nitrogens is 4.